The topological polar surface area (TPSA) is 29.1 Å². The van der Waals surface area contributed by atoms with Crippen molar-refractivity contribution in [3.8, 4) is 11.1 Å². The van der Waals surface area contributed by atoms with Gasteiger partial charge in [-0.25, -0.2) is 4.39 Å². The summed E-state index contributed by atoms with van der Waals surface area (Å²) >= 11 is 0. The van der Waals surface area contributed by atoms with Gasteiger partial charge in [0.05, 0.1) is 0 Å². The highest BCUT2D eigenvalue weighted by molar-refractivity contribution is 5.94. The van der Waals surface area contributed by atoms with Crippen LogP contribution in [0.5, 0.6) is 0 Å². The zero-order chi connectivity index (χ0) is 12.3. The molecule has 0 aliphatic carbocycles. The molecule has 3 heteroatoms. The number of hydrogen-bond acceptors (Lipinski definition) is 1. The molecule has 0 heterocycles. The number of benzene rings is 2. The predicted octanol–water partition coefficient (Wildman–Crippen LogP) is 2.85. The summed E-state index contributed by atoms with van der Waals surface area (Å²) < 4.78 is 13.9. The van der Waals surface area contributed by atoms with Gasteiger partial charge in [-0.3, -0.25) is 4.79 Å². The lowest BCUT2D eigenvalue weighted by molar-refractivity contribution is 0.0962. The lowest BCUT2D eigenvalue weighted by Gasteiger charge is -2.05. The lowest BCUT2D eigenvalue weighted by atomic mass is 10.0. The third-order valence-corrected chi connectivity index (χ3v) is 2.54. The van der Waals surface area contributed by atoms with Crippen molar-refractivity contribution in [2.24, 2.45) is 0 Å². The van der Waals surface area contributed by atoms with Crippen molar-refractivity contribution in [3.63, 3.8) is 0 Å². The summed E-state index contributed by atoms with van der Waals surface area (Å²) in [7, 11) is 1.52. The second kappa shape index (κ2) is 4.78. The first-order valence-corrected chi connectivity index (χ1v) is 5.29. The minimum absolute atomic E-state index is 0.288. The summed E-state index contributed by atoms with van der Waals surface area (Å²) in [5.41, 5.74) is 1.62. The van der Waals surface area contributed by atoms with E-state index in [1.807, 2.05) is 30.3 Å². The van der Waals surface area contributed by atoms with Gasteiger partial charge in [0.2, 0.25) is 0 Å². The Labute approximate surface area is 99.1 Å². The Hall–Kier alpha value is -2.16. The van der Waals surface area contributed by atoms with Crippen molar-refractivity contribution < 1.29 is 9.18 Å². The molecule has 1 N–H and O–H groups in total. The van der Waals surface area contributed by atoms with Gasteiger partial charge in [-0.05, 0) is 17.7 Å². The van der Waals surface area contributed by atoms with Gasteiger partial charge >= 0.3 is 0 Å². The van der Waals surface area contributed by atoms with Crippen LogP contribution < -0.4 is 5.32 Å². The molecular weight excluding hydrogens is 217 g/mol. The molecule has 0 saturated heterocycles. The quantitative estimate of drug-likeness (QED) is 0.842. The zero-order valence-corrected chi connectivity index (χ0v) is 9.41. The molecule has 2 nitrogen and oxygen atoms in total. The molecule has 0 aromatic heterocycles. The molecule has 1 amide bonds. The van der Waals surface area contributed by atoms with E-state index in [4.69, 9.17) is 0 Å². The largest absolute Gasteiger partial charge is 0.355 e. The molecule has 86 valence electrons. The van der Waals surface area contributed by atoms with Crippen LogP contribution in [0.1, 0.15) is 10.4 Å². The van der Waals surface area contributed by atoms with Crippen molar-refractivity contribution in [2.75, 3.05) is 7.05 Å². The van der Waals surface area contributed by atoms with Crippen LogP contribution in [0.2, 0.25) is 0 Å². The fourth-order valence-corrected chi connectivity index (χ4v) is 1.65. The first-order chi connectivity index (χ1) is 8.22. The number of nitrogens with one attached hydrogen (secondary N) is 1. The van der Waals surface area contributed by atoms with E-state index in [9.17, 15) is 9.18 Å². The van der Waals surface area contributed by atoms with Crippen molar-refractivity contribution in [3.05, 3.63) is 59.9 Å². The fourth-order valence-electron chi connectivity index (χ4n) is 1.65. The Morgan fingerprint density at radius 3 is 2.41 bits per heavy atom. The van der Waals surface area contributed by atoms with Crippen LogP contribution in [0.3, 0.4) is 0 Å². The van der Waals surface area contributed by atoms with Crippen molar-refractivity contribution in [2.45, 2.75) is 0 Å². The standard InChI is InChI=1S/C14H12FNO/c1-16-14(17)11-7-8-12(13(15)9-11)10-5-3-2-4-6-10/h2-9H,1H3,(H,16,17). The van der Waals surface area contributed by atoms with Crippen LogP contribution in [0.15, 0.2) is 48.5 Å². The molecule has 0 fully saturated rings. The van der Waals surface area contributed by atoms with Crippen molar-refractivity contribution >= 4 is 5.91 Å². The summed E-state index contributed by atoms with van der Waals surface area (Å²) in [4.78, 5) is 11.3. The van der Waals surface area contributed by atoms with Crippen LogP contribution in [0, 0.1) is 5.82 Å². The van der Waals surface area contributed by atoms with E-state index in [0.717, 1.165) is 5.56 Å². The van der Waals surface area contributed by atoms with Gasteiger partial charge in [0, 0.05) is 18.2 Å². The Morgan fingerprint density at radius 2 is 1.82 bits per heavy atom. The van der Waals surface area contributed by atoms with Gasteiger partial charge in [0.1, 0.15) is 5.82 Å². The molecule has 2 rings (SSSR count). The zero-order valence-electron chi connectivity index (χ0n) is 9.41. The van der Waals surface area contributed by atoms with E-state index in [-0.39, 0.29) is 5.91 Å². The van der Waals surface area contributed by atoms with E-state index in [1.165, 1.54) is 13.1 Å². The van der Waals surface area contributed by atoms with Crippen LogP contribution >= 0.6 is 0 Å². The molecule has 2 aromatic rings. The number of hydrogen-bond donors (Lipinski definition) is 1. The first kappa shape index (κ1) is 11.3. The molecule has 0 radical (unpaired) electrons. The van der Waals surface area contributed by atoms with Gasteiger partial charge in [-0.1, -0.05) is 36.4 Å². The smallest absolute Gasteiger partial charge is 0.251 e. The molecule has 0 bridgehead atoms. The van der Waals surface area contributed by atoms with Gasteiger partial charge in [-0.15, -0.1) is 0 Å². The third kappa shape index (κ3) is 2.33. The van der Waals surface area contributed by atoms with E-state index >= 15 is 0 Å². The number of carbonyl (C=O) groups excluding carboxylic acids is 1. The van der Waals surface area contributed by atoms with Gasteiger partial charge in [0.25, 0.3) is 5.91 Å². The minimum Gasteiger partial charge on any atom is -0.355 e. The van der Waals surface area contributed by atoms with Crippen LogP contribution in [0.25, 0.3) is 11.1 Å². The SMILES string of the molecule is CNC(=O)c1ccc(-c2ccccc2)c(F)c1. The summed E-state index contributed by atoms with van der Waals surface area (Å²) in [5, 5.41) is 2.46. The predicted molar refractivity (Wildman–Crippen MR) is 65.2 cm³/mol. The maximum absolute atomic E-state index is 13.9. The summed E-state index contributed by atoms with van der Waals surface area (Å²) in [5.74, 6) is -0.680. The maximum Gasteiger partial charge on any atom is 0.251 e. The van der Waals surface area contributed by atoms with E-state index < -0.39 is 5.82 Å². The average Bonchev–Trinajstić information content (AvgIpc) is 2.38. The molecule has 17 heavy (non-hydrogen) atoms. The summed E-state index contributed by atoms with van der Waals surface area (Å²) in [6, 6.07) is 13.7. The maximum atomic E-state index is 13.9. The summed E-state index contributed by atoms with van der Waals surface area (Å²) in [6.07, 6.45) is 0. The molecular formula is C14H12FNO. The molecule has 0 saturated carbocycles. The molecule has 0 aliphatic rings. The number of rotatable bonds is 2. The second-order valence-corrected chi connectivity index (χ2v) is 3.64. The number of halogens is 1. The summed E-state index contributed by atoms with van der Waals surface area (Å²) in [6.45, 7) is 0. The Balaban J connectivity index is 2.42. The van der Waals surface area contributed by atoms with Gasteiger partial charge in [0.15, 0.2) is 0 Å². The Morgan fingerprint density at radius 1 is 1.12 bits per heavy atom. The van der Waals surface area contributed by atoms with Gasteiger partial charge < -0.3 is 5.32 Å². The van der Waals surface area contributed by atoms with E-state index in [0.29, 0.717) is 11.1 Å². The van der Waals surface area contributed by atoms with Crippen molar-refractivity contribution in [1.29, 1.82) is 0 Å². The third-order valence-electron chi connectivity index (χ3n) is 2.54. The number of carbonyl (C=O) groups is 1. The second-order valence-electron chi connectivity index (χ2n) is 3.64. The first-order valence-electron chi connectivity index (χ1n) is 5.29. The number of amides is 1. The van der Waals surface area contributed by atoms with Gasteiger partial charge in [-0.2, -0.15) is 0 Å². The highest BCUT2D eigenvalue weighted by Crippen LogP contribution is 2.23. The highest BCUT2D eigenvalue weighted by Gasteiger charge is 2.09. The monoisotopic (exact) mass is 229 g/mol. The minimum atomic E-state index is -0.391. The highest BCUT2D eigenvalue weighted by atomic mass is 19.1. The normalized spacial score (nSPS) is 10.0. The molecule has 0 aliphatic heterocycles. The Kier molecular flexibility index (Phi) is 3.19. The van der Waals surface area contributed by atoms with Crippen LogP contribution in [0.4, 0.5) is 4.39 Å². The molecule has 2 aromatic carbocycles. The van der Waals surface area contributed by atoms with Crippen LogP contribution in [-0.2, 0) is 0 Å². The van der Waals surface area contributed by atoms with Crippen molar-refractivity contribution in [1.82, 2.24) is 5.32 Å². The average molecular weight is 229 g/mol. The molecule has 0 spiro atoms. The Bertz CT molecular complexity index is 537. The fraction of sp³-hybridized carbons (Fsp3) is 0.0714. The van der Waals surface area contributed by atoms with Crippen LogP contribution in [-0.4, -0.2) is 13.0 Å². The van der Waals surface area contributed by atoms with E-state index in [2.05, 4.69) is 5.32 Å². The molecule has 0 atom stereocenters. The van der Waals surface area contributed by atoms with E-state index in [1.54, 1.807) is 12.1 Å². The molecule has 0 unspecified atom stereocenters. The lowest BCUT2D eigenvalue weighted by Crippen LogP contribution is -2.17.